The molecule has 1 aliphatic carbocycles. The number of ether oxygens (including phenoxy) is 1. The molecule has 0 saturated carbocycles. The van der Waals surface area contributed by atoms with Crippen molar-refractivity contribution in [3.8, 4) is 0 Å². The molecule has 2 bridgehead atoms. The van der Waals surface area contributed by atoms with E-state index in [-0.39, 0.29) is 39.3 Å². The Kier molecular flexibility index (Phi) is 4.45. The molecular weight excluding hydrogens is 425 g/mol. The van der Waals surface area contributed by atoms with Crippen molar-refractivity contribution in [2.24, 2.45) is 0 Å². The minimum Gasteiger partial charge on any atom is -0.469 e. The van der Waals surface area contributed by atoms with E-state index in [4.69, 9.17) is 23.2 Å². The maximum Gasteiger partial charge on any atom is 0.309 e. The summed E-state index contributed by atoms with van der Waals surface area (Å²) in [6, 6.07) is 7.71. The summed E-state index contributed by atoms with van der Waals surface area (Å²) < 4.78 is 31.8. The molecule has 0 radical (unpaired) electrons. The first kappa shape index (κ1) is 19.2. The van der Waals surface area contributed by atoms with Gasteiger partial charge >= 0.3 is 5.97 Å². The van der Waals surface area contributed by atoms with Crippen LogP contribution in [0.4, 0.5) is 0 Å². The van der Waals surface area contributed by atoms with Gasteiger partial charge in [0, 0.05) is 5.02 Å². The van der Waals surface area contributed by atoms with Gasteiger partial charge in [-0.25, -0.2) is 8.42 Å². The number of carbonyl (C=O) groups is 2. The highest BCUT2D eigenvalue weighted by Crippen LogP contribution is 2.48. The molecule has 0 saturated heterocycles. The number of sulfone groups is 1. The number of aryl methyl sites for hydroxylation is 1. The standard InChI is InChI=1S/C19H15Cl2NO5S/c1-27-16(23)7-10-2-3-14-11(6-10)4-5-19(14)22-18(24)13-8-12(20)9-15(17(13)21)28(19,25)26/h2-3,6,8-9H,4-5,7H2,1H3,(H,22,24). The molecule has 9 heteroatoms. The molecular formula is C19H15Cl2NO5S. The Morgan fingerprint density at radius 3 is 2.71 bits per heavy atom. The van der Waals surface area contributed by atoms with E-state index in [2.05, 4.69) is 10.1 Å². The number of rotatable bonds is 2. The van der Waals surface area contributed by atoms with Gasteiger partial charge in [0.1, 0.15) is 0 Å². The minimum atomic E-state index is -4.08. The number of hydrogen-bond acceptors (Lipinski definition) is 5. The van der Waals surface area contributed by atoms with Gasteiger partial charge in [-0.05, 0) is 41.7 Å². The number of hydrogen-bond donors (Lipinski definition) is 1. The zero-order chi connectivity index (χ0) is 20.3. The smallest absolute Gasteiger partial charge is 0.309 e. The van der Waals surface area contributed by atoms with Crippen LogP contribution in [0.1, 0.15) is 33.5 Å². The zero-order valence-electron chi connectivity index (χ0n) is 14.7. The Morgan fingerprint density at radius 2 is 2.00 bits per heavy atom. The molecule has 1 N–H and O–H groups in total. The molecule has 4 rings (SSSR count). The maximum absolute atomic E-state index is 13.6. The molecule has 1 unspecified atom stereocenters. The van der Waals surface area contributed by atoms with Crippen LogP contribution < -0.4 is 5.32 Å². The van der Waals surface area contributed by atoms with Gasteiger partial charge < -0.3 is 10.1 Å². The van der Waals surface area contributed by atoms with Crippen LogP contribution >= 0.6 is 23.2 Å². The van der Waals surface area contributed by atoms with Gasteiger partial charge in [-0.15, -0.1) is 0 Å². The van der Waals surface area contributed by atoms with Gasteiger partial charge in [-0.2, -0.15) is 0 Å². The van der Waals surface area contributed by atoms with Crippen molar-refractivity contribution in [3.05, 3.63) is 62.6 Å². The van der Waals surface area contributed by atoms with Crippen LogP contribution in [-0.2, 0) is 37.1 Å². The lowest BCUT2D eigenvalue weighted by Gasteiger charge is -2.29. The molecule has 1 atom stereocenters. The molecule has 6 nitrogen and oxygen atoms in total. The van der Waals surface area contributed by atoms with Crippen LogP contribution in [0.25, 0.3) is 0 Å². The molecule has 146 valence electrons. The van der Waals surface area contributed by atoms with Crippen molar-refractivity contribution >= 4 is 44.9 Å². The first-order chi connectivity index (χ1) is 13.2. The summed E-state index contributed by atoms with van der Waals surface area (Å²) in [7, 11) is -2.77. The second-order valence-corrected chi connectivity index (χ2v) is 9.75. The van der Waals surface area contributed by atoms with Crippen molar-refractivity contribution in [3.63, 3.8) is 0 Å². The van der Waals surface area contributed by atoms with Gasteiger partial charge in [-0.3, -0.25) is 9.59 Å². The van der Waals surface area contributed by atoms with E-state index in [1.54, 1.807) is 18.2 Å². The maximum atomic E-state index is 13.6. The molecule has 1 amide bonds. The van der Waals surface area contributed by atoms with Crippen LogP contribution in [-0.4, -0.2) is 27.4 Å². The van der Waals surface area contributed by atoms with Crippen LogP contribution in [0, 0.1) is 0 Å². The topological polar surface area (TPSA) is 89.5 Å². The van der Waals surface area contributed by atoms with Crippen LogP contribution in [0.15, 0.2) is 35.2 Å². The normalized spacial score (nSPS) is 21.8. The molecule has 1 heterocycles. The Labute approximate surface area is 171 Å². The molecule has 1 spiro atoms. The highest BCUT2D eigenvalue weighted by atomic mass is 35.5. The first-order valence-corrected chi connectivity index (χ1v) is 10.7. The van der Waals surface area contributed by atoms with Gasteiger partial charge in [0.2, 0.25) is 9.84 Å². The number of halogens is 2. The lowest BCUT2D eigenvalue weighted by atomic mass is 10.0. The van der Waals surface area contributed by atoms with E-state index in [0.29, 0.717) is 17.5 Å². The Morgan fingerprint density at radius 1 is 1.25 bits per heavy atom. The predicted molar refractivity (Wildman–Crippen MR) is 103 cm³/mol. The number of methoxy groups -OCH3 is 1. The van der Waals surface area contributed by atoms with Crippen molar-refractivity contribution < 1.29 is 22.7 Å². The molecule has 0 fully saturated rings. The fraction of sp³-hybridized carbons (Fsp3) is 0.263. The highest BCUT2D eigenvalue weighted by molar-refractivity contribution is 7.92. The van der Waals surface area contributed by atoms with Crippen molar-refractivity contribution in [1.82, 2.24) is 5.32 Å². The molecule has 28 heavy (non-hydrogen) atoms. The summed E-state index contributed by atoms with van der Waals surface area (Å²) in [5, 5.41) is 2.68. The Balaban J connectivity index is 1.89. The summed E-state index contributed by atoms with van der Waals surface area (Å²) in [6.45, 7) is 0. The van der Waals surface area contributed by atoms with Crippen LogP contribution in [0.3, 0.4) is 0 Å². The monoisotopic (exact) mass is 439 g/mol. The number of benzene rings is 2. The van der Waals surface area contributed by atoms with E-state index in [9.17, 15) is 18.0 Å². The number of nitrogens with one attached hydrogen (secondary N) is 1. The van der Waals surface area contributed by atoms with E-state index in [0.717, 1.165) is 5.56 Å². The number of carbonyl (C=O) groups excluding carboxylic acids is 2. The van der Waals surface area contributed by atoms with Gasteiger partial charge in [0.25, 0.3) is 5.91 Å². The molecule has 0 aromatic heterocycles. The third kappa shape index (κ3) is 2.64. The number of amides is 1. The SMILES string of the molecule is COC(=O)Cc1ccc2c(c1)CCC21NC(=O)c2cc(Cl)cc(c2Cl)S1(=O)=O. The fourth-order valence-corrected chi connectivity index (χ4v) is 6.75. The van der Waals surface area contributed by atoms with Crippen molar-refractivity contribution in [2.45, 2.75) is 29.0 Å². The van der Waals surface area contributed by atoms with Gasteiger partial charge in [-0.1, -0.05) is 41.4 Å². The van der Waals surface area contributed by atoms with E-state index in [1.165, 1.54) is 19.2 Å². The summed E-state index contributed by atoms with van der Waals surface area (Å²) in [5.74, 6) is -0.984. The molecule has 2 aromatic rings. The average molecular weight is 440 g/mol. The van der Waals surface area contributed by atoms with Crippen LogP contribution in [0.2, 0.25) is 10.0 Å². The molecule has 1 aliphatic heterocycles. The first-order valence-electron chi connectivity index (χ1n) is 8.45. The minimum absolute atomic E-state index is 0.0281. The Bertz CT molecular complexity index is 1150. The lowest BCUT2D eigenvalue weighted by Crippen LogP contribution is -2.48. The second-order valence-electron chi connectivity index (χ2n) is 6.79. The molecule has 2 aliphatic rings. The zero-order valence-corrected chi connectivity index (χ0v) is 17.0. The average Bonchev–Trinajstić information content (AvgIpc) is 3.01. The quantitative estimate of drug-likeness (QED) is 0.726. The number of esters is 1. The van der Waals surface area contributed by atoms with E-state index in [1.807, 2.05) is 0 Å². The number of fused-ring (bicyclic) bond motifs is 4. The summed E-state index contributed by atoms with van der Waals surface area (Å²) in [6.07, 6.45) is 0.661. The lowest BCUT2D eigenvalue weighted by molar-refractivity contribution is -0.139. The fourth-order valence-electron chi connectivity index (χ4n) is 3.88. The third-order valence-electron chi connectivity index (χ3n) is 5.24. The summed E-state index contributed by atoms with van der Waals surface area (Å²) in [4.78, 5) is 22.5. The Hall–Kier alpha value is -2.09. The van der Waals surface area contributed by atoms with E-state index >= 15 is 0 Å². The highest BCUT2D eigenvalue weighted by Gasteiger charge is 2.54. The van der Waals surface area contributed by atoms with Crippen molar-refractivity contribution in [1.29, 1.82) is 0 Å². The largest absolute Gasteiger partial charge is 0.469 e. The predicted octanol–water partition coefficient (Wildman–Crippen LogP) is 3.03. The van der Waals surface area contributed by atoms with Gasteiger partial charge in [0.05, 0.1) is 29.0 Å². The van der Waals surface area contributed by atoms with Crippen LogP contribution in [0.5, 0.6) is 0 Å². The van der Waals surface area contributed by atoms with Gasteiger partial charge in [0.15, 0.2) is 4.87 Å². The third-order valence-corrected chi connectivity index (χ3v) is 8.32. The summed E-state index contributed by atoms with van der Waals surface area (Å²) >= 11 is 12.3. The van der Waals surface area contributed by atoms with Crippen molar-refractivity contribution in [2.75, 3.05) is 7.11 Å². The molecule has 2 aromatic carbocycles. The van der Waals surface area contributed by atoms with E-state index < -0.39 is 20.6 Å². The second kappa shape index (κ2) is 6.47. The summed E-state index contributed by atoms with van der Waals surface area (Å²) in [5.41, 5.74) is 1.97.